The van der Waals surface area contributed by atoms with Gasteiger partial charge in [-0.05, 0) is 43.9 Å². The third-order valence-electron chi connectivity index (χ3n) is 6.76. The highest BCUT2D eigenvalue weighted by atomic mass is 16.5. The molecule has 0 saturated carbocycles. The van der Waals surface area contributed by atoms with Crippen molar-refractivity contribution in [3.05, 3.63) is 71.8 Å². The summed E-state index contributed by atoms with van der Waals surface area (Å²) >= 11 is 0. The second kappa shape index (κ2) is 15.5. The van der Waals surface area contributed by atoms with E-state index >= 15 is 0 Å². The zero-order chi connectivity index (χ0) is 30.0. The Morgan fingerprint density at radius 3 is 2.07 bits per heavy atom. The van der Waals surface area contributed by atoms with Crippen LogP contribution >= 0.6 is 0 Å². The van der Waals surface area contributed by atoms with Gasteiger partial charge in [-0.2, -0.15) is 0 Å². The minimum Gasteiger partial charge on any atom is -0.491 e. The maximum absolute atomic E-state index is 10.00. The summed E-state index contributed by atoms with van der Waals surface area (Å²) in [4.78, 5) is 0. The number of aliphatic hydroxyl groups excluding tert-OH is 4. The number of β-amino-alcohol motifs (C(OH)–C–C–N with tert-alkyl or cyclic N) is 1. The van der Waals surface area contributed by atoms with Crippen molar-refractivity contribution in [2.75, 3.05) is 26.3 Å². The Hall–Kier alpha value is -2.72. The summed E-state index contributed by atoms with van der Waals surface area (Å²) in [6, 6.07) is 20.1. The zero-order valence-electron chi connectivity index (χ0n) is 25.0. The van der Waals surface area contributed by atoms with Crippen molar-refractivity contribution in [2.24, 2.45) is 0 Å². The topological polar surface area (TPSA) is 123 Å². The SMILES string of the molecule is CC(C)(C)NCC(O)COc1cccc2c1C[C@H](O)[C@H](O)C2.CC(C)NCC(O)COc1cccc2ccccc12. The van der Waals surface area contributed by atoms with Gasteiger partial charge in [-0.3, -0.25) is 0 Å². The van der Waals surface area contributed by atoms with E-state index in [0.29, 0.717) is 44.3 Å². The molecule has 0 aliphatic heterocycles. The Bertz CT molecular complexity index is 1210. The van der Waals surface area contributed by atoms with E-state index in [1.807, 2.05) is 69.3 Å². The predicted octanol–water partition coefficient (Wildman–Crippen LogP) is 3.21. The van der Waals surface area contributed by atoms with Crippen LogP contribution in [0, 0.1) is 0 Å². The van der Waals surface area contributed by atoms with Gasteiger partial charge in [-0.25, -0.2) is 0 Å². The van der Waals surface area contributed by atoms with Crippen molar-refractivity contribution in [3.63, 3.8) is 0 Å². The van der Waals surface area contributed by atoms with Gasteiger partial charge in [-0.15, -0.1) is 0 Å². The fourth-order valence-corrected chi connectivity index (χ4v) is 4.48. The Kier molecular flexibility index (Phi) is 12.4. The molecule has 4 rings (SSSR count). The quantitative estimate of drug-likeness (QED) is 0.209. The first-order chi connectivity index (χ1) is 19.4. The number of ether oxygens (including phenoxy) is 2. The van der Waals surface area contributed by atoms with Crippen LogP contribution in [-0.2, 0) is 12.8 Å². The van der Waals surface area contributed by atoms with Gasteiger partial charge in [0.1, 0.15) is 36.9 Å². The maximum Gasteiger partial charge on any atom is 0.127 e. The molecule has 0 spiro atoms. The van der Waals surface area contributed by atoms with Gasteiger partial charge in [0.25, 0.3) is 0 Å². The maximum atomic E-state index is 10.00. The lowest BCUT2D eigenvalue weighted by atomic mass is 9.87. The van der Waals surface area contributed by atoms with Crippen molar-refractivity contribution < 1.29 is 29.9 Å². The van der Waals surface area contributed by atoms with Gasteiger partial charge < -0.3 is 40.5 Å². The second-order valence-corrected chi connectivity index (χ2v) is 12.0. The molecule has 3 aromatic carbocycles. The summed E-state index contributed by atoms with van der Waals surface area (Å²) in [5, 5.41) is 48.1. The molecule has 3 aromatic rings. The number of benzene rings is 3. The average molecular weight is 569 g/mol. The highest BCUT2D eigenvalue weighted by molar-refractivity contribution is 5.88. The molecule has 0 fully saturated rings. The number of fused-ring (bicyclic) bond motifs is 2. The van der Waals surface area contributed by atoms with Crippen LogP contribution < -0.4 is 20.1 Å². The van der Waals surface area contributed by atoms with E-state index in [1.165, 1.54) is 0 Å². The van der Waals surface area contributed by atoms with Crippen molar-refractivity contribution in [3.8, 4) is 11.5 Å². The summed E-state index contributed by atoms with van der Waals surface area (Å²) in [7, 11) is 0. The molecule has 0 saturated heterocycles. The van der Waals surface area contributed by atoms with Gasteiger partial charge in [-0.1, -0.05) is 62.4 Å². The molecule has 41 heavy (non-hydrogen) atoms. The Labute approximate surface area is 244 Å². The molecule has 8 heteroatoms. The fraction of sp³-hybridized carbons (Fsp3) is 0.515. The molecular formula is C33H48N2O6. The molecule has 2 unspecified atom stereocenters. The van der Waals surface area contributed by atoms with Crippen LogP contribution in [0.1, 0.15) is 45.7 Å². The monoisotopic (exact) mass is 568 g/mol. The third kappa shape index (κ3) is 10.9. The molecule has 0 bridgehead atoms. The smallest absolute Gasteiger partial charge is 0.127 e. The first kappa shape index (κ1) is 32.8. The van der Waals surface area contributed by atoms with Gasteiger partial charge in [0.05, 0.1) is 12.2 Å². The van der Waals surface area contributed by atoms with E-state index in [0.717, 1.165) is 27.6 Å². The molecule has 226 valence electrons. The molecule has 0 amide bonds. The van der Waals surface area contributed by atoms with Gasteiger partial charge in [0, 0.05) is 48.5 Å². The van der Waals surface area contributed by atoms with Crippen LogP contribution in [0.3, 0.4) is 0 Å². The lowest BCUT2D eigenvalue weighted by Gasteiger charge is -2.28. The molecule has 0 radical (unpaired) electrons. The highest BCUT2D eigenvalue weighted by Gasteiger charge is 2.27. The van der Waals surface area contributed by atoms with Gasteiger partial charge in [0.15, 0.2) is 0 Å². The van der Waals surface area contributed by atoms with Crippen LogP contribution in [0.25, 0.3) is 10.8 Å². The Balaban J connectivity index is 0.000000228. The lowest BCUT2D eigenvalue weighted by molar-refractivity contribution is 0.0132. The minimum atomic E-state index is -0.760. The summed E-state index contributed by atoms with van der Waals surface area (Å²) < 4.78 is 11.5. The fourth-order valence-electron chi connectivity index (χ4n) is 4.48. The Morgan fingerprint density at radius 2 is 1.37 bits per heavy atom. The number of hydrogen-bond donors (Lipinski definition) is 6. The van der Waals surface area contributed by atoms with Crippen LogP contribution in [0.4, 0.5) is 0 Å². The average Bonchev–Trinajstić information content (AvgIpc) is 2.93. The van der Waals surface area contributed by atoms with Crippen LogP contribution in [0.5, 0.6) is 11.5 Å². The summed E-state index contributed by atoms with van der Waals surface area (Å²) in [6.45, 7) is 11.7. The molecule has 0 heterocycles. The molecule has 1 aliphatic rings. The van der Waals surface area contributed by atoms with Crippen molar-refractivity contribution in [1.82, 2.24) is 10.6 Å². The molecular weight excluding hydrogens is 520 g/mol. The first-order valence-corrected chi connectivity index (χ1v) is 14.5. The van der Waals surface area contributed by atoms with Crippen molar-refractivity contribution in [2.45, 2.75) is 83.5 Å². The number of rotatable bonds is 11. The molecule has 6 N–H and O–H groups in total. The number of hydrogen-bond acceptors (Lipinski definition) is 8. The van der Waals surface area contributed by atoms with E-state index in [4.69, 9.17) is 9.47 Å². The zero-order valence-corrected chi connectivity index (χ0v) is 25.0. The normalized spacial score (nSPS) is 18.3. The van der Waals surface area contributed by atoms with Crippen LogP contribution in [0.15, 0.2) is 60.7 Å². The number of aliphatic hydroxyl groups is 4. The predicted molar refractivity (Wildman–Crippen MR) is 164 cm³/mol. The lowest BCUT2D eigenvalue weighted by Crippen LogP contribution is -2.42. The molecule has 4 atom stereocenters. The van der Waals surface area contributed by atoms with E-state index in [2.05, 4.69) is 36.6 Å². The minimum absolute atomic E-state index is 0.0485. The van der Waals surface area contributed by atoms with E-state index in [9.17, 15) is 20.4 Å². The Morgan fingerprint density at radius 1 is 0.780 bits per heavy atom. The standard InChI is InChI=1S/C17H27NO4.C16H21NO2/c1-17(2,3)18-9-12(19)10-22-16-6-4-5-11-7-14(20)15(21)8-13(11)16;1-12(2)17-10-14(18)11-19-16-9-5-7-13-6-3-4-8-15(13)16/h4-6,12,14-15,18-21H,7-10H2,1-3H3;3-9,12,14,17-18H,10-11H2,1-2H3/t12?,14-,15+;/m1./s1. The first-order valence-electron chi connectivity index (χ1n) is 14.5. The van der Waals surface area contributed by atoms with Crippen molar-refractivity contribution in [1.29, 1.82) is 0 Å². The van der Waals surface area contributed by atoms with Crippen molar-refractivity contribution >= 4 is 10.8 Å². The summed E-state index contributed by atoms with van der Waals surface area (Å²) in [5.41, 5.74) is 1.88. The van der Waals surface area contributed by atoms with E-state index in [1.54, 1.807) is 0 Å². The largest absolute Gasteiger partial charge is 0.491 e. The number of nitrogens with one attached hydrogen (secondary N) is 2. The third-order valence-corrected chi connectivity index (χ3v) is 6.76. The summed E-state index contributed by atoms with van der Waals surface area (Å²) in [5.74, 6) is 1.50. The van der Waals surface area contributed by atoms with E-state index in [-0.39, 0.29) is 12.1 Å². The highest BCUT2D eigenvalue weighted by Crippen LogP contribution is 2.30. The van der Waals surface area contributed by atoms with Gasteiger partial charge in [0.2, 0.25) is 0 Å². The molecule has 0 aromatic heterocycles. The molecule has 1 aliphatic carbocycles. The second-order valence-electron chi connectivity index (χ2n) is 12.0. The van der Waals surface area contributed by atoms with Crippen LogP contribution in [0.2, 0.25) is 0 Å². The molecule has 8 nitrogen and oxygen atoms in total. The van der Waals surface area contributed by atoms with Gasteiger partial charge >= 0.3 is 0 Å². The summed E-state index contributed by atoms with van der Waals surface area (Å²) in [6.07, 6.45) is -1.77. The van der Waals surface area contributed by atoms with Crippen LogP contribution in [-0.4, -0.2) is 82.7 Å². The van der Waals surface area contributed by atoms with E-state index < -0.39 is 24.4 Å².